The molecule has 2 nitrogen and oxygen atoms in total. The smallest absolute Gasteiger partial charge is 0.217 e. The van der Waals surface area contributed by atoms with Crippen molar-refractivity contribution in [3.63, 3.8) is 0 Å². The van der Waals surface area contributed by atoms with Crippen LogP contribution in [0.1, 0.15) is 20.8 Å². The predicted octanol–water partition coefficient (Wildman–Crippen LogP) is 3.35. The Morgan fingerprint density at radius 3 is 1.94 bits per heavy atom. The highest BCUT2D eigenvalue weighted by atomic mass is 32.2. The van der Waals surface area contributed by atoms with E-state index in [0.29, 0.717) is 0 Å². The maximum Gasteiger partial charge on any atom is 0.352 e. The van der Waals surface area contributed by atoms with Gasteiger partial charge in [0.1, 0.15) is 0 Å². The van der Waals surface area contributed by atoms with Crippen LogP contribution in [0.4, 0.5) is 8.78 Å². The lowest BCUT2D eigenvalue weighted by atomic mass is 9.99. The summed E-state index contributed by atoms with van der Waals surface area (Å²) < 4.78 is 51.6. The maximum absolute atomic E-state index is 13.9. The Labute approximate surface area is 101 Å². The van der Waals surface area contributed by atoms with Gasteiger partial charge < -0.3 is 0 Å². The lowest BCUT2D eigenvalue weighted by molar-refractivity contribution is 0.0138. The molecule has 96 valence electrons. The third-order valence-electron chi connectivity index (χ3n) is 2.94. The van der Waals surface area contributed by atoms with E-state index in [0.717, 1.165) is 0 Å². The Bertz CT molecular complexity index is 467. The monoisotopic (exact) mass is 262 g/mol. The van der Waals surface area contributed by atoms with Crippen LogP contribution < -0.4 is 0 Å². The fourth-order valence-electron chi connectivity index (χ4n) is 1.39. The van der Waals surface area contributed by atoms with Gasteiger partial charge in [0.2, 0.25) is 9.84 Å². The van der Waals surface area contributed by atoms with Gasteiger partial charge in [0.15, 0.2) is 0 Å². The molecule has 0 saturated carbocycles. The molecule has 0 spiro atoms. The largest absolute Gasteiger partial charge is 0.352 e. The van der Waals surface area contributed by atoms with Crippen molar-refractivity contribution >= 4 is 9.84 Å². The van der Waals surface area contributed by atoms with Crippen molar-refractivity contribution in [3.8, 4) is 0 Å². The zero-order chi connectivity index (χ0) is 13.3. The number of hydrogen-bond donors (Lipinski definition) is 0. The SMILES string of the molecule is CC(C)C(C)C(F)(F)S(=O)(=O)c1ccccc1. The van der Waals surface area contributed by atoms with Gasteiger partial charge in [-0.25, -0.2) is 8.42 Å². The van der Waals surface area contributed by atoms with E-state index in [4.69, 9.17) is 0 Å². The highest BCUT2D eigenvalue weighted by Gasteiger charge is 2.51. The van der Waals surface area contributed by atoms with Gasteiger partial charge in [-0.2, -0.15) is 8.78 Å². The molecule has 0 amide bonds. The predicted molar refractivity (Wildman–Crippen MR) is 62.6 cm³/mol. The van der Waals surface area contributed by atoms with E-state index in [1.807, 2.05) is 0 Å². The highest BCUT2D eigenvalue weighted by molar-refractivity contribution is 7.92. The third kappa shape index (κ3) is 2.49. The molecule has 1 atom stereocenters. The normalized spacial score (nSPS) is 14.9. The highest BCUT2D eigenvalue weighted by Crippen LogP contribution is 2.38. The van der Waals surface area contributed by atoms with E-state index < -0.39 is 26.9 Å². The van der Waals surface area contributed by atoms with Crippen LogP contribution in [0, 0.1) is 11.8 Å². The van der Waals surface area contributed by atoms with Crippen molar-refractivity contribution in [2.45, 2.75) is 30.9 Å². The second-order valence-corrected chi connectivity index (χ2v) is 6.43. The second-order valence-electron chi connectivity index (χ2n) is 4.41. The van der Waals surface area contributed by atoms with Gasteiger partial charge in [-0.05, 0) is 18.1 Å². The number of rotatable bonds is 4. The molecule has 0 aliphatic carbocycles. The first kappa shape index (κ1) is 14.1. The van der Waals surface area contributed by atoms with Crippen molar-refractivity contribution in [1.82, 2.24) is 0 Å². The first-order valence-corrected chi connectivity index (χ1v) is 6.87. The van der Waals surface area contributed by atoms with Crippen LogP contribution in [0.3, 0.4) is 0 Å². The zero-order valence-electron chi connectivity index (χ0n) is 10.0. The van der Waals surface area contributed by atoms with Crippen LogP contribution >= 0.6 is 0 Å². The van der Waals surface area contributed by atoms with Gasteiger partial charge >= 0.3 is 5.25 Å². The summed E-state index contributed by atoms with van der Waals surface area (Å²) in [6, 6.07) is 6.83. The van der Waals surface area contributed by atoms with Crippen molar-refractivity contribution < 1.29 is 17.2 Å². The van der Waals surface area contributed by atoms with Gasteiger partial charge in [-0.1, -0.05) is 39.0 Å². The molecule has 1 aromatic carbocycles. The van der Waals surface area contributed by atoms with Gasteiger partial charge in [-0.3, -0.25) is 0 Å². The second kappa shape index (κ2) is 4.72. The molecule has 0 radical (unpaired) electrons. The van der Waals surface area contributed by atoms with Gasteiger partial charge in [-0.15, -0.1) is 0 Å². The van der Waals surface area contributed by atoms with E-state index >= 15 is 0 Å². The average molecular weight is 262 g/mol. The minimum Gasteiger partial charge on any atom is -0.217 e. The molecule has 17 heavy (non-hydrogen) atoms. The van der Waals surface area contributed by atoms with Crippen LogP contribution in [0.5, 0.6) is 0 Å². The molecular weight excluding hydrogens is 246 g/mol. The van der Waals surface area contributed by atoms with Gasteiger partial charge in [0.25, 0.3) is 0 Å². The van der Waals surface area contributed by atoms with Crippen molar-refractivity contribution in [2.75, 3.05) is 0 Å². The van der Waals surface area contributed by atoms with E-state index in [9.17, 15) is 17.2 Å². The summed E-state index contributed by atoms with van der Waals surface area (Å²) in [5.41, 5.74) is 0. The van der Waals surface area contributed by atoms with E-state index in [1.54, 1.807) is 19.9 Å². The Morgan fingerprint density at radius 2 is 1.53 bits per heavy atom. The van der Waals surface area contributed by atoms with E-state index in [-0.39, 0.29) is 4.90 Å². The van der Waals surface area contributed by atoms with Gasteiger partial charge in [0, 0.05) is 5.92 Å². The zero-order valence-corrected chi connectivity index (χ0v) is 10.8. The van der Waals surface area contributed by atoms with Crippen LogP contribution in [-0.2, 0) is 9.84 Å². The first-order valence-electron chi connectivity index (χ1n) is 5.38. The number of alkyl halides is 2. The van der Waals surface area contributed by atoms with Crippen LogP contribution in [-0.4, -0.2) is 13.7 Å². The van der Waals surface area contributed by atoms with Crippen molar-refractivity contribution in [1.29, 1.82) is 0 Å². The molecule has 5 heteroatoms. The van der Waals surface area contributed by atoms with Crippen LogP contribution in [0.15, 0.2) is 35.2 Å². The molecule has 0 aliphatic rings. The molecule has 1 unspecified atom stereocenters. The molecule has 0 aliphatic heterocycles. The fraction of sp³-hybridized carbons (Fsp3) is 0.500. The summed E-state index contributed by atoms with van der Waals surface area (Å²) >= 11 is 0. The summed E-state index contributed by atoms with van der Waals surface area (Å²) in [7, 11) is -4.62. The average Bonchev–Trinajstić information content (AvgIpc) is 2.28. The van der Waals surface area contributed by atoms with Crippen molar-refractivity contribution in [3.05, 3.63) is 30.3 Å². The fourth-order valence-corrected chi connectivity index (χ4v) is 2.98. The minimum atomic E-state index is -4.62. The summed E-state index contributed by atoms with van der Waals surface area (Å²) in [5.74, 6) is -1.64. The molecule has 1 aromatic rings. The maximum atomic E-state index is 13.9. The van der Waals surface area contributed by atoms with Crippen LogP contribution in [0.2, 0.25) is 0 Å². The Morgan fingerprint density at radius 1 is 1.06 bits per heavy atom. The molecule has 0 bridgehead atoms. The Kier molecular flexibility index (Phi) is 3.91. The topological polar surface area (TPSA) is 34.1 Å². The number of halogens is 2. The summed E-state index contributed by atoms with van der Waals surface area (Å²) in [6.45, 7) is 4.42. The summed E-state index contributed by atoms with van der Waals surface area (Å²) in [4.78, 5) is -0.336. The number of hydrogen-bond acceptors (Lipinski definition) is 2. The van der Waals surface area contributed by atoms with Crippen molar-refractivity contribution in [2.24, 2.45) is 11.8 Å². The Hall–Kier alpha value is -0.970. The van der Waals surface area contributed by atoms with Crippen LogP contribution in [0.25, 0.3) is 0 Å². The molecular formula is C12H16F2O2S. The summed E-state index contributed by atoms with van der Waals surface area (Å²) in [6.07, 6.45) is 0. The standard InChI is InChI=1S/C12H16F2O2S/c1-9(2)10(3)12(13,14)17(15,16)11-7-5-4-6-8-11/h4-10H,1-3H3. The molecule has 1 rings (SSSR count). The minimum absolute atomic E-state index is 0.336. The molecule has 0 saturated heterocycles. The molecule has 0 aromatic heterocycles. The van der Waals surface area contributed by atoms with E-state index in [2.05, 4.69) is 0 Å². The lowest BCUT2D eigenvalue weighted by Gasteiger charge is -2.26. The molecule has 0 fully saturated rings. The summed E-state index contributed by atoms with van der Waals surface area (Å²) in [5, 5.41) is -3.75. The number of sulfone groups is 1. The Balaban J connectivity index is 3.24. The third-order valence-corrected chi connectivity index (χ3v) is 4.92. The van der Waals surface area contributed by atoms with E-state index in [1.165, 1.54) is 31.2 Å². The molecule has 0 heterocycles. The lowest BCUT2D eigenvalue weighted by Crippen LogP contribution is -2.38. The quantitative estimate of drug-likeness (QED) is 0.834. The van der Waals surface area contributed by atoms with Gasteiger partial charge in [0.05, 0.1) is 4.90 Å². The first-order chi connectivity index (χ1) is 7.71. The number of benzene rings is 1. The molecule has 0 N–H and O–H groups in total.